The third kappa shape index (κ3) is 9.59. The predicted octanol–water partition coefficient (Wildman–Crippen LogP) is 2.07. The molecule has 0 unspecified atom stereocenters. The number of allylic oxidation sites excluding steroid dienone is 1. The van der Waals surface area contributed by atoms with Crippen molar-refractivity contribution in [3.8, 4) is 11.8 Å². The second-order valence-electron chi connectivity index (χ2n) is 5.83. The van der Waals surface area contributed by atoms with Crippen LogP contribution in [-0.4, -0.2) is 34.0 Å². The number of hydrogen-bond acceptors (Lipinski definition) is 6. The molecule has 0 aliphatic heterocycles. The van der Waals surface area contributed by atoms with Crippen molar-refractivity contribution in [3.05, 3.63) is 11.8 Å². The van der Waals surface area contributed by atoms with Crippen LogP contribution in [-0.2, 0) is 23.9 Å². The minimum absolute atomic E-state index is 0.174. The molecule has 0 aliphatic rings. The number of carbonyl (C=O) groups excluding carboxylic acids is 3. The number of rotatable bonds is 5. The standard InChI is InChI=1S/C16H22O6/c1-11(17)9-13(19)21-15(3,4)7-8-16(5,6)22-14(20)10-12(2)18/h9,17H,10H2,1-6H3/b11-9-. The smallest absolute Gasteiger partial charge is 0.335 e. The molecule has 0 aromatic heterocycles. The molecule has 6 heteroatoms. The van der Waals surface area contributed by atoms with E-state index in [1.165, 1.54) is 13.8 Å². The van der Waals surface area contributed by atoms with Gasteiger partial charge in [-0.25, -0.2) is 4.79 Å². The molecule has 0 bridgehead atoms. The molecule has 22 heavy (non-hydrogen) atoms. The average molecular weight is 310 g/mol. The van der Waals surface area contributed by atoms with E-state index in [9.17, 15) is 14.4 Å². The van der Waals surface area contributed by atoms with Crippen molar-refractivity contribution in [1.29, 1.82) is 0 Å². The van der Waals surface area contributed by atoms with E-state index in [4.69, 9.17) is 14.6 Å². The highest BCUT2D eigenvalue weighted by atomic mass is 16.6. The summed E-state index contributed by atoms with van der Waals surface area (Å²) in [7, 11) is 0. The van der Waals surface area contributed by atoms with Crippen molar-refractivity contribution < 1.29 is 29.0 Å². The fourth-order valence-electron chi connectivity index (χ4n) is 1.33. The van der Waals surface area contributed by atoms with Crippen LogP contribution < -0.4 is 0 Å². The first-order valence-corrected chi connectivity index (χ1v) is 6.69. The Labute approximate surface area is 130 Å². The van der Waals surface area contributed by atoms with E-state index in [0.29, 0.717) is 0 Å². The van der Waals surface area contributed by atoms with Gasteiger partial charge in [-0.05, 0) is 41.5 Å². The SMILES string of the molecule is CC(=O)CC(=O)OC(C)(C)C#CC(C)(C)OC(=O)/C=C(/C)O. The Balaban J connectivity index is 4.87. The Hall–Kier alpha value is -2.29. The van der Waals surface area contributed by atoms with Crippen molar-refractivity contribution in [2.75, 3.05) is 0 Å². The van der Waals surface area contributed by atoms with Gasteiger partial charge in [-0.15, -0.1) is 0 Å². The number of esters is 2. The topological polar surface area (TPSA) is 89.9 Å². The molecule has 0 amide bonds. The van der Waals surface area contributed by atoms with E-state index in [-0.39, 0.29) is 18.0 Å². The van der Waals surface area contributed by atoms with Crippen LogP contribution in [0, 0.1) is 11.8 Å². The lowest BCUT2D eigenvalue weighted by molar-refractivity contribution is -0.153. The Kier molecular flexibility index (Phi) is 6.85. The molecule has 0 radical (unpaired) electrons. The average Bonchev–Trinajstić information content (AvgIpc) is 2.22. The highest BCUT2D eigenvalue weighted by Crippen LogP contribution is 2.13. The number of ketones is 1. The van der Waals surface area contributed by atoms with Crippen LogP contribution in [0.1, 0.15) is 48.0 Å². The van der Waals surface area contributed by atoms with E-state index < -0.39 is 23.1 Å². The van der Waals surface area contributed by atoms with Crippen LogP contribution in [0.3, 0.4) is 0 Å². The van der Waals surface area contributed by atoms with E-state index >= 15 is 0 Å². The molecule has 0 rings (SSSR count). The third-order valence-corrected chi connectivity index (χ3v) is 2.11. The maximum Gasteiger partial charge on any atom is 0.335 e. The summed E-state index contributed by atoms with van der Waals surface area (Å²) in [6.07, 6.45) is 0.617. The van der Waals surface area contributed by atoms with Crippen LogP contribution in [0.15, 0.2) is 11.8 Å². The number of Topliss-reactive ketones (excluding diaryl/α,β-unsaturated/α-hetero) is 1. The van der Waals surface area contributed by atoms with Gasteiger partial charge in [0.25, 0.3) is 0 Å². The largest absolute Gasteiger partial charge is 0.512 e. The number of ether oxygens (including phenoxy) is 2. The van der Waals surface area contributed by atoms with Gasteiger partial charge < -0.3 is 14.6 Å². The molecule has 0 saturated carbocycles. The van der Waals surface area contributed by atoms with Crippen molar-refractivity contribution in [2.24, 2.45) is 0 Å². The summed E-state index contributed by atoms with van der Waals surface area (Å²) in [5, 5.41) is 8.99. The van der Waals surface area contributed by atoms with E-state index in [1.54, 1.807) is 27.7 Å². The number of aliphatic hydroxyl groups is 1. The van der Waals surface area contributed by atoms with Crippen LogP contribution in [0.4, 0.5) is 0 Å². The summed E-state index contributed by atoms with van der Waals surface area (Å²) in [5.41, 5.74) is -2.26. The van der Waals surface area contributed by atoms with E-state index in [0.717, 1.165) is 6.08 Å². The Morgan fingerprint density at radius 3 is 1.86 bits per heavy atom. The van der Waals surface area contributed by atoms with E-state index in [1.807, 2.05) is 0 Å². The molecule has 0 saturated heterocycles. The normalized spacial score (nSPS) is 12.0. The quantitative estimate of drug-likeness (QED) is 0.275. The van der Waals surface area contributed by atoms with Gasteiger partial charge >= 0.3 is 11.9 Å². The van der Waals surface area contributed by atoms with Crippen LogP contribution in [0.5, 0.6) is 0 Å². The molecule has 0 fully saturated rings. The van der Waals surface area contributed by atoms with Gasteiger partial charge in [0.1, 0.15) is 12.2 Å². The highest BCUT2D eigenvalue weighted by Gasteiger charge is 2.24. The zero-order chi connectivity index (χ0) is 17.6. The lowest BCUT2D eigenvalue weighted by atomic mass is 10.1. The monoisotopic (exact) mass is 310 g/mol. The molecule has 6 nitrogen and oxygen atoms in total. The Morgan fingerprint density at radius 2 is 1.45 bits per heavy atom. The van der Waals surface area contributed by atoms with Gasteiger partial charge in [-0.1, -0.05) is 11.8 Å². The molecule has 0 atom stereocenters. The lowest BCUT2D eigenvalue weighted by Crippen LogP contribution is -2.30. The van der Waals surface area contributed by atoms with Crippen molar-refractivity contribution in [2.45, 2.75) is 59.2 Å². The second-order valence-corrected chi connectivity index (χ2v) is 5.83. The zero-order valence-corrected chi connectivity index (χ0v) is 13.8. The maximum absolute atomic E-state index is 11.5. The summed E-state index contributed by atoms with van der Waals surface area (Å²) in [4.78, 5) is 33.8. The van der Waals surface area contributed by atoms with Crippen LogP contribution in [0.25, 0.3) is 0 Å². The summed E-state index contributed by atoms with van der Waals surface area (Å²) in [5.74, 6) is 3.53. The molecule has 0 aliphatic carbocycles. The Bertz CT molecular complexity index is 539. The molecular weight excluding hydrogens is 288 g/mol. The van der Waals surface area contributed by atoms with Gasteiger partial charge in [0, 0.05) is 0 Å². The minimum atomic E-state index is -1.13. The molecule has 122 valence electrons. The first kappa shape index (κ1) is 19.7. The van der Waals surface area contributed by atoms with Crippen molar-refractivity contribution in [1.82, 2.24) is 0 Å². The second kappa shape index (κ2) is 7.64. The van der Waals surface area contributed by atoms with Gasteiger partial charge in [-0.3, -0.25) is 9.59 Å². The highest BCUT2D eigenvalue weighted by molar-refractivity contribution is 5.94. The summed E-state index contributed by atoms with van der Waals surface area (Å²) >= 11 is 0. The summed E-state index contributed by atoms with van der Waals surface area (Å²) in [6, 6.07) is 0. The zero-order valence-electron chi connectivity index (χ0n) is 13.8. The van der Waals surface area contributed by atoms with Crippen molar-refractivity contribution in [3.63, 3.8) is 0 Å². The number of carbonyl (C=O) groups is 3. The van der Waals surface area contributed by atoms with Gasteiger partial charge in [-0.2, -0.15) is 0 Å². The first-order chi connectivity index (χ1) is 9.83. The predicted molar refractivity (Wildman–Crippen MR) is 79.8 cm³/mol. The summed E-state index contributed by atoms with van der Waals surface area (Å²) in [6.45, 7) is 8.88. The molecule has 0 spiro atoms. The molecule has 0 heterocycles. The minimum Gasteiger partial charge on any atom is -0.512 e. The molecule has 0 aromatic rings. The fraction of sp³-hybridized carbons (Fsp3) is 0.562. The third-order valence-electron chi connectivity index (χ3n) is 2.11. The summed E-state index contributed by atoms with van der Waals surface area (Å²) < 4.78 is 10.2. The van der Waals surface area contributed by atoms with Gasteiger partial charge in [0.15, 0.2) is 11.2 Å². The van der Waals surface area contributed by atoms with Crippen LogP contribution in [0.2, 0.25) is 0 Å². The van der Waals surface area contributed by atoms with E-state index in [2.05, 4.69) is 11.8 Å². The van der Waals surface area contributed by atoms with Crippen molar-refractivity contribution >= 4 is 17.7 Å². The lowest BCUT2D eigenvalue weighted by Gasteiger charge is -2.21. The molecule has 0 aromatic carbocycles. The molecule has 1 N–H and O–H groups in total. The molecular formula is C16H22O6. The first-order valence-electron chi connectivity index (χ1n) is 6.69. The Morgan fingerprint density at radius 1 is 1.00 bits per heavy atom. The number of hydrogen-bond donors (Lipinski definition) is 1. The van der Waals surface area contributed by atoms with Gasteiger partial charge in [0.2, 0.25) is 0 Å². The van der Waals surface area contributed by atoms with Crippen LogP contribution >= 0.6 is 0 Å². The number of aliphatic hydroxyl groups excluding tert-OH is 1. The van der Waals surface area contributed by atoms with Gasteiger partial charge in [0.05, 0.1) is 11.8 Å². The maximum atomic E-state index is 11.5. The fourth-order valence-corrected chi connectivity index (χ4v) is 1.33.